The summed E-state index contributed by atoms with van der Waals surface area (Å²) < 4.78 is 46.9. The fourth-order valence-corrected chi connectivity index (χ4v) is 2.76. The summed E-state index contributed by atoms with van der Waals surface area (Å²) in [6, 6.07) is 12.4. The maximum atomic E-state index is 12.4. The van der Waals surface area contributed by atoms with Crippen LogP contribution >= 0.6 is 0 Å². The average molecular weight is 339 g/mol. The molecule has 2 aromatic rings. The molecule has 0 saturated heterocycles. The molecule has 4 nitrogen and oxygen atoms in total. The SMILES string of the molecule is OC1(c2cccnc2OC(F)(F)F)CC(OCc2ccccc2)C1. The molecule has 3 rings (SSSR count). The first-order valence-electron chi connectivity index (χ1n) is 7.45. The molecule has 1 aliphatic carbocycles. The molecule has 24 heavy (non-hydrogen) atoms. The maximum absolute atomic E-state index is 12.4. The smallest absolute Gasteiger partial charge is 0.387 e. The standard InChI is InChI=1S/C17H16F3NO3/c18-17(19,20)24-15-14(7-4-8-21-15)16(22)9-13(10-16)23-11-12-5-2-1-3-6-12/h1-8,13,22H,9-11H2. The van der Waals surface area contributed by atoms with Crippen molar-refractivity contribution in [3.05, 3.63) is 59.8 Å². The first kappa shape index (κ1) is 16.7. The summed E-state index contributed by atoms with van der Waals surface area (Å²) in [4.78, 5) is 3.59. The van der Waals surface area contributed by atoms with Crippen molar-refractivity contribution in [1.82, 2.24) is 4.98 Å². The second kappa shape index (κ2) is 6.41. The van der Waals surface area contributed by atoms with E-state index in [1.807, 2.05) is 30.3 Å². The largest absolute Gasteiger partial charge is 0.574 e. The van der Waals surface area contributed by atoms with E-state index in [1.165, 1.54) is 18.3 Å². The van der Waals surface area contributed by atoms with E-state index in [4.69, 9.17) is 4.74 Å². The number of halogens is 3. The summed E-state index contributed by atoms with van der Waals surface area (Å²) in [5, 5.41) is 10.6. The fraction of sp³-hybridized carbons (Fsp3) is 0.353. The van der Waals surface area contributed by atoms with Crippen molar-refractivity contribution in [2.24, 2.45) is 0 Å². The lowest BCUT2D eigenvalue weighted by atomic mass is 9.73. The Morgan fingerprint density at radius 2 is 1.83 bits per heavy atom. The van der Waals surface area contributed by atoms with Crippen molar-refractivity contribution < 1.29 is 27.8 Å². The van der Waals surface area contributed by atoms with Gasteiger partial charge < -0.3 is 14.6 Å². The molecule has 1 N–H and O–H groups in total. The Morgan fingerprint density at radius 1 is 1.12 bits per heavy atom. The zero-order chi connectivity index (χ0) is 17.2. The van der Waals surface area contributed by atoms with Crippen molar-refractivity contribution >= 4 is 0 Å². The van der Waals surface area contributed by atoms with E-state index in [1.54, 1.807) is 0 Å². The van der Waals surface area contributed by atoms with Crippen molar-refractivity contribution in [2.45, 2.75) is 37.5 Å². The van der Waals surface area contributed by atoms with Crippen LogP contribution in [0.25, 0.3) is 0 Å². The van der Waals surface area contributed by atoms with E-state index in [0.29, 0.717) is 6.61 Å². The first-order valence-corrected chi connectivity index (χ1v) is 7.45. The first-order chi connectivity index (χ1) is 11.4. The number of hydrogen-bond acceptors (Lipinski definition) is 4. The van der Waals surface area contributed by atoms with E-state index in [2.05, 4.69) is 9.72 Å². The van der Waals surface area contributed by atoms with Crippen LogP contribution in [0.15, 0.2) is 48.7 Å². The second-order valence-corrected chi connectivity index (χ2v) is 5.76. The molecular weight excluding hydrogens is 323 g/mol. The van der Waals surface area contributed by atoms with Gasteiger partial charge >= 0.3 is 6.36 Å². The third-order valence-corrected chi connectivity index (χ3v) is 3.94. The molecule has 128 valence electrons. The van der Waals surface area contributed by atoms with Crippen LogP contribution in [0, 0.1) is 0 Å². The van der Waals surface area contributed by atoms with Crippen LogP contribution in [-0.2, 0) is 16.9 Å². The Balaban J connectivity index is 1.63. The van der Waals surface area contributed by atoms with Crippen LogP contribution in [0.5, 0.6) is 5.88 Å². The minimum Gasteiger partial charge on any atom is -0.387 e. The Labute approximate surface area is 136 Å². The molecule has 0 amide bonds. The minimum absolute atomic E-state index is 0.0295. The number of pyridine rings is 1. The van der Waals surface area contributed by atoms with Gasteiger partial charge in [0, 0.05) is 24.6 Å². The molecule has 1 aromatic carbocycles. The van der Waals surface area contributed by atoms with Gasteiger partial charge in [-0.15, -0.1) is 13.2 Å². The van der Waals surface area contributed by atoms with Crippen molar-refractivity contribution in [2.75, 3.05) is 0 Å². The van der Waals surface area contributed by atoms with Gasteiger partial charge in [-0.25, -0.2) is 4.98 Å². The molecule has 1 aliphatic rings. The average Bonchev–Trinajstić information content (AvgIpc) is 2.50. The lowest BCUT2D eigenvalue weighted by Crippen LogP contribution is -2.46. The van der Waals surface area contributed by atoms with Crippen LogP contribution in [0.1, 0.15) is 24.0 Å². The highest BCUT2D eigenvalue weighted by molar-refractivity contribution is 5.34. The van der Waals surface area contributed by atoms with Gasteiger partial charge in [-0.05, 0) is 17.7 Å². The molecule has 0 atom stereocenters. The number of nitrogens with zero attached hydrogens (tertiary/aromatic N) is 1. The Hall–Kier alpha value is -2.12. The van der Waals surface area contributed by atoms with Gasteiger partial charge in [0.25, 0.3) is 0 Å². The third-order valence-electron chi connectivity index (χ3n) is 3.94. The Morgan fingerprint density at radius 3 is 2.50 bits per heavy atom. The number of ether oxygens (including phenoxy) is 2. The lowest BCUT2D eigenvalue weighted by molar-refractivity contribution is -0.277. The third kappa shape index (κ3) is 3.85. The summed E-state index contributed by atoms with van der Waals surface area (Å²) in [6.45, 7) is 0.389. The van der Waals surface area contributed by atoms with E-state index in [9.17, 15) is 18.3 Å². The topological polar surface area (TPSA) is 51.6 Å². The summed E-state index contributed by atoms with van der Waals surface area (Å²) in [6.07, 6.45) is -3.50. The number of aromatic nitrogens is 1. The highest BCUT2D eigenvalue weighted by Crippen LogP contribution is 2.46. The van der Waals surface area contributed by atoms with Gasteiger partial charge in [0.2, 0.25) is 5.88 Å². The van der Waals surface area contributed by atoms with Crippen molar-refractivity contribution in [1.29, 1.82) is 0 Å². The Kier molecular flexibility index (Phi) is 4.47. The monoisotopic (exact) mass is 339 g/mol. The van der Waals surface area contributed by atoms with Crippen LogP contribution in [-0.4, -0.2) is 22.6 Å². The van der Waals surface area contributed by atoms with Crippen molar-refractivity contribution in [3.63, 3.8) is 0 Å². The minimum atomic E-state index is -4.85. The highest BCUT2D eigenvalue weighted by Gasteiger charge is 2.48. The summed E-state index contributed by atoms with van der Waals surface area (Å²) in [5.41, 5.74) is -0.395. The fourth-order valence-electron chi connectivity index (χ4n) is 2.76. The molecular formula is C17H16F3NO3. The van der Waals surface area contributed by atoms with E-state index in [-0.39, 0.29) is 24.5 Å². The molecule has 1 saturated carbocycles. The van der Waals surface area contributed by atoms with E-state index >= 15 is 0 Å². The van der Waals surface area contributed by atoms with Crippen LogP contribution in [0.3, 0.4) is 0 Å². The number of benzene rings is 1. The summed E-state index contributed by atoms with van der Waals surface area (Å²) >= 11 is 0. The molecule has 0 radical (unpaired) electrons. The molecule has 0 spiro atoms. The predicted octanol–water partition coefficient (Wildman–Crippen LogP) is 3.55. The van der Waals surface area contributed by atoms with Crippen molar-refractivity contribution in [3.8, 4) is 5.88 Å². The number of hydrogen-bond donors (Lipinski definition) is 1. The zero-order valence-electron chi connectivity index (χ0n) is 12.7. The number of aliphatic hydroxyl groups is 1. The van der Waals surface area contributed by atoms with E-state index in [0.717, 1.165) is 5.56 Å². The molecule has 0 aliphatic heterocycles. The number of rotatable bonds is 5. The Bertz CT molecular complexity index is 685. The molecule has 1 heterocycles. The van der Waals surface area contributed by atoms with Gasteiger partial charge in [-0.2, -0.15) is 0 Å². The summed E-state index contributed by atoms with van der Waals surface area (Å²) in [5.74, 6) is -0.617. The quantitative estimate of drug-likeness (QED) is 0.905. The predicted molar refractivity (Wildman–Crippen MR) is 79.1 cm³/mol. The highest BCUT2D eigenvalue weighted by atomic mass is 19.4. The van der Waals surface area contributed by atoms with Gasteiger partial charge in [-0.1, -0.05) is 30.3 Å². The molecule has 7 heteroatoms. The van der Waals surface area contributed by atoms with E-state index < -0.39 is 17.8 Å². The van der Waals surface area contributed by atoms with Gasteiger partial charge in [0.15, 0.2) is 0 Å². The van der Waals surface area contributed by atoms with Gasteiger partial charge in [0.1, 0.15) is 0 Å². The van der Waals surface area contributed by atoms with Crippen LogP contribution < -0.4 is 4.74 Å². The maximum Gasteiger partial charge on any atom is 0.574 e. The normalized spacial score (nSPS) is 23.6. The van der Waals surface area contributed by atoms with Gasteiger partial charge in [-0.3, -0.25) is 0 Å². The van der Waals surface area contributed by atoms with Crippen LogP contribution in [0.4, 0.5) is 13.2 Å². The zero-order valence-corrected chi connectivity index (χ0v) is 12.7. The summed E-state index contributed by atoms with van der Waals surface area (Å²) in [7, 11) is 0. The number of alkyl halides is 3. The van der Waals surface area contributed by atoms with Crippen LogP contribution in [0.2, 0.25) is 0 Å². The molecule has 0 unspecified atom stereocenters. The molecule has 0 bridgehead atoms. The lowest BCUT2D eigenvalue weighted by Gasteiger charge is -2.43. The second-order valence-electron chi connectivity index (χ2n) is 5.76. The molecule has 1 fully saturated rings. The molecule has 1 aromatic heterocycles. The van der Waals surface area contributed by atoms with Gasteiger partial charge in [0.05, 0.1) is 18.3 Å².